The molecular weight excluding hydrogens is 488 g/mol. The zero-order valence-corrected chi connectivity index (χ0v) is 21.4. The van der Waals surface area contributed by atoms with Gasteiger partial charge >= 0.3 is 0 Å². The highest BCUT2D eigenvalue weighted by molar-refractivity contribution is 5.98. The molecule has 0 amide bonds. The number of halogens is 2. The molecular formula is C29H31F2N5O2. The molecule has 2 aromatic heterocycles. The van der Waals surface area contributed by atoms with E-state index in [1.165, 1.54) is 18.3 Å². The zero-order chi connectivity index (χ0) is 26.7. The van der Waals surface area contributed by atoms with Crippen molar-refractivity contribution in [3.63, 3.8) is 0 Å². The predicted molar refractivity (Wildman–Crippen MR) is 137 cm³/mol. The van der Waals surface area contributed by atoms with Crippen LogP contribution in [0.4, 0.5) is 8.78 Å². The van der Waals surface area contributed by atoms with Crippen LogP contribution < -0.4 is 0 Å². The lowest BCUT2D eigenvalue weighted by Crippen LogP contribution is -2.47. The number of aromatic nitrogens is 3. The molecule has 198 valence electrons. The number of nitriles is 1. The van der Waals surface area contributed by atoms with Gasteiger partial charge in [-0.15, -0.1) is 0 Å². The topological polar surface area (TPSA) is 84.0 Å². The molecule has 5 rings (SSSR count). The first-order valence-electron chi connectivity index (χ1n) is 13.0. The number of ether oxygens (including phenoxy) is 1. The molecule has 0 bridgehead atoms. The number of morpholine rings is 1. The van der Waals surface area contributed by atoms with E-state index in [2.05, 4.69) is 21.1 Å². The van der Waals surface area contributed by atoms with E-state index >= 15 is 0 Å². The van der Waals surface area contributed by atoms with E-state index in [9.17, 15) is 18.8 Å². The van der Waals surface area contributed by atoms with Gasteiger partial charge in [-0.1, -0.05) is 18.2 Å². The van der Waals surface area contributed by atoms with Gasteiger partial charge in [0.25, 0.3) is 6.43 Å². The van der Waals surface area contributed by atoms with Crippen molar-refractivity contribution in [2.24, 2.45) is 0 Å². The Bertz CT molecular complexity index is 1300. The van der Waals surface area contributed by atoms with Gasteiger partial charge < -0.3 is 4.74 Å². The molecule has 3 heterocycles. The number of pyridine rings is 1. The van der Waals surface area contributed by atoms with Gasteiger partial charge in [0.05, 0.1) is 53.5 Å². The summed E-state index contributed by atoms with van der Waals surface area (Å²) in [6, 6.07) is 12.7. The van der Waals surface area contributed by atoms with Gasteiger partial charge in [-0.05, 0) is 56.4 Å². The highest BCUT2D eigenvalue weighted by Crippen LogP contribution is 2.39. The van der Waals surface area contributed by atoms with Crippen LogP contribution in [0, 0.1) is 18.3 Å². The molecule has 0 atom stereocenters. The number of nitrogens with zero attached hydrogens (tertiary/aromatic N) is 5. The average Bonchev–Trinajstić information content (AvgIpc) is 3.35. The van der Waals surface area contributed by atoms with E-state index in [0.29, 0.717) is 23.0 Å². The molecule has 38 heavy (non-hydrogen) atoms. The van der Waals surface area contributed by atoms with Crippen molar-refractivity contribution in [2.45, 2.75) is 56.9 Å². The van der Waals surface area contributed by atoms with Crippen LogP contribution in [0.3, 0.4) is 0 Å². The van der Waals surface area contributed by atoms with E-state index in [0.717, 1.165) is 63.2 Å². The summed E-state index contributed by atoms with van der Waals surface area (Å²) < 4.78 is 32.8. The maximum atomic E-state index is 13.1. The quantitative estimate of drug-likeness (QED) is 0.410. The SMILES string of the molecule is Cc1c(C(=O)Cc2ccc(C3(C#N)CCC(N4CCOCC4)CC3)nc2)cnn1-c1ccc(C(F)F)cc1. The summed E-state index contributed by atoms with van der Waals surface area (Å²) in [5.74, 6) is -0.103. The highest BCUT2D eigenvalue weighted by Gasteiger charge is 2.40. The fourth-order valence-electron chi connectivity index (χ4n) is 5.63. The Labute approximate surface area is 221 Å². The van der Waals surface area contributed by atoms with Crippen molar-refractivity contribution in [2.75, 3.05) is 26.3 Å². The first-order valence-corrected chi connectivity index (χ1v) is 13.0. The summed E-state index contributed by atoms with van der Waals surface area (Å²) in [6.07, 6.45) is 4.30. The molecule has 1 aliphatic carbocycles. The smallest absolute Gasteiger partial charge is 0.263 e. The lowest BCUT2D eigenvalue weighted by molar-refractivity contribution is 0.00493. The van der Waals surface area contributed by atoms with E-state index in [1.54, 1.807) is 29.9 Å². The van der Waals surface area contributed by atoms with Gasteiger partial charge in [-0.25, -0.2) is 13.5 Å². The molecule has 2 aliphatic rings. The normalized spacial score (nSPS) is 22.3. The fraction of sp³-hybridized carbons (Fsp3) is 0.448. The monoisotopic (exact) mass is 519 g/mol. The van der Waals surface area contributed by atoms with E-state index < -0.39 is 11.8 Å². The molecule has 2 fully saturated rings. The fourth-order valence-corrected chi connectivity index (χ4v) is 5.63. The molecule has 0 N–H and O–H groups in total. The second-order valence-electron chi connectivity index (χ2n) is 10.2. The van der Waals surface area contributed by atoms with Crippen LogP contribution in [0.2, 0.25) is 0 Å². The Hall–Kier alpha value is -3.48. The Balaban J connectivity index is 1.24. The maximum absolute atomic E-state index is 13.1. The van der Waals surface area contributed by atoms with E-state index in [-0.39, 0.29) is 17.8 Å². The minimum atomic E-state index is -2.53. The minimum Gasteiger partial charge on any atom is -0.379 e. The van der Waals surface area contributed by atoms with Crippen LogP contribution in [-0.2, 0) is 16.6 Å². The third-order valence-corrected chi connectivity index (χ3v) is 7.96. The van der Waals surface area contributed by atoms with Gasteiger partial charge in [0.2, 0.25) is 0 Å². The van der Waals surface area contributed by atoms with Crippen molar-refractivity contribution in [1.82, 2.24) is 19.7 Å². The van der Waals surface area contributed by atoms with Gasteiger partial charge in [-0.3, -0.25) is 14.7 Å². The summed E-state index contributed by atoms with van der Waals surface area (Å²) in [5, 5.41) is 14.4. The lowest BCUT2D eigenvalue weighted by Gasteiger charge is -2.41. The van der Waals surface area contributed by atoms with Gasteiger partial charge in [-0.2, -0.15) is 10.4 Å². The molecule has 0 radical (unpaired) electrons. The van der Waals surface area contributed by atoms with Crippen LogP contribution in [0.1, 0.15) is 65.0 Å². The molecule has 3 aromatic rings. The summed E-state index contributed by atoms with van der Waals surface area (Å²) in [5.41, 5.74) is 2.61. The molecule has 0 spiro atoms. The van der Waals surface area contributed by atoms with Crippen molar-refractivity contribution in [3.05, 3.63) is 76.9 Å². The standard InChI is InChI=1S/C29H31F2N5O2/c1-20-25(18-34-36(20)24-5-3-22(4-6-24)28(30)31)26(37)16-21-2-7-27(33-17-21)29(19-32)10-8-23(9-11-29)35-12-14-38-15-13-35/h2-7,17-18,23,28H,8-16H2,1H3. The van der Waals surface area contributed by atoms with Crippen molar-refractivity contribution in [3.8, 4) is 11.8 Å². The molecule has 1 saturated carbocycles. The van der Waals surface area contributed by atoms with Crippen LogP contribution in [-0.4, -0.2) is 57.8 Å². The van der Waals surface area contributed by atoms with Gasteiger partial charge in [0.15, 0.2) is 5.78 Å². The van der Waals surface area contributed by atoms with Crippen molar-refractivity contribution in [1.29, 1.82) is 5.26 Å². The number of carbonyl (C=O) groups excluding carboxylic acids is 1. The summed E-state index contributed by atoms with van der Waals surface area (Å²) in [6.45, 7) is 5.24. The number of ketones is 1. The second kappa shape index (κ2) is 11.1. The Morgan fingerprint density at radius 3 is 2.45 bits per heavy atom. The molecule has 9 heteroatoms. The number of rotatable bonds is 7. The van der Waals surface area contributed by atoms with Crippen LogP contribution in [0.5, 0.6) is 0 Å². The van der Waals surface area contributed by atoms with Gasteiger partial charge in [0.1, 0.15) is 0 Å². The molecule has 1 saturated heterocycles. The molecule has 1 aliphatic heterocycles. The largest absolute Gasteiger partial charge is 0.379 e. The predicted octanol–water partition coefficient (Wildman–Crippen LogP) is 4.97. The maximum Gasteiger partial charge on any atom is 0.263 e. The summed E-state index contributed by atoms with van der Waals surface area (Å²) >= 11 is 0. The number of alkyl halides is 2. The zero-order valence-electron chi connectivity index (χ0n) is 21.4. The number of benzene rings is 1. The van der Waals surface area contributed by atoms with Gasteiger partial charge in [0, 0.05) is 37.3 Å². The van der Waals surface area contributed by atoms with E-state index in [4.69, 9.17) is 4.74 Å². The number of hydrogen-bond donors (Lipinski definition) is 0. The summed E-state index contributed by atoms with van der Waals surface area (Å²) in [7, 11) is 0. The number of Topliss-reactive ketones (excluding diaryl/α,β-unsaturated/α-hetero) is 1. The second-order valence-corrected chi connectivity index (χ2v) is 10.2. The highest BCUT2D eigenvalue weighted by atomic mass is 19.3. The average molecular weight is 520 g/mol. The van der Waals surface area contributed by atoms with Crippen LogP contribution in [0.25, 0.3) is 5.69 Å². The first kappa shape index (κ1) is 26.1. The molecule has 1 aromatic carbocycles. The Kier molecular flexibility index (Phi) is 7.63. The third kappa shape index (κ3) is 5.24. The number of carbonyl (C=O) groups is 1. The van der Waals surface area contributed by atoms with Crippen LogP contribution in [0.15, 0.2) is 48.8 Å². The minimum absolute atomic E-state index is 0.0610. The third-order valence-electron chi connectivity index (χ3n) is 7.96. The van der Waals surface area contributed by atoms with E-state index in [1.807, 2.05) is 12.1 Å². The van der Waals surface area contributed by atoms with Crippen molar-refractivity contribution < 1.29 is 18.3 Å². The molecule has 0 unspecified atom stereocenters. The van der Waals surface area contributed by atoms with Crippen LogP contribution >= 0.6 is 0 Å². The summed E-state index contributed by atoms with van der Waals surface area (Å²) in [4.78, 5) is 20.2. The number of hydrogen-bond acceptors (Lipinski definition) is 6. The van der Waals surface area contributed by atoms with Crippen molar-refractivity contribution >= 4 is 5.78 Å². The lowest BCUT2D eigenvalue weighted by atomic mass is 9.71. The molecule has 7 nitrogen and oxygen atoms in total. The first-order chi connectivity index (χ1) is 18.4. The Morgan fingerprint density at radius 1 is 1.13 bits per heavy atom. The Morgan fingerprint density at radius 2 is 1.84 bits per heavy atom.